The molecule has 340 valence electrons. The van der Waals surface area contributed by atoms with Crippen molar-refractivity contribution < 1.29 is 56.8 Å². The molecule has 13 heteroatoms. The van der Waals surface area contributed by atoms with Crippen LogP contribution in [0.2, 0.25) is 0 Å². The zero-order valence-corrected chi connectivity index (χ0v) is 37.0. The number of rotatable bonds is 38. The molecule has 1 fully saturated rings. The summed E-state index contributed by atoms with van der Waals surface area (Å²) < 4.78 is 54.0. The van der Waals surface area contributed by atoms with E-state index in [0.29, 0.717) is 12.8 Å². The van der Waals surface area contributed by atoms with Crippen molar-refractivity contribution in [3.05, 3.63) is 24.3 Å². The molecule has 0 amide bonds. The van der Waals surface area contributed by atoms with Crippen LogP contribution >= 0.6 is 0 Å². The van der Waals surface area contributed by atoms with E-state index in [1.807, 2.05) is 0 Å². The summed E-state index contributed by atoms with van der Waals surface area (Å²) >= 11 is 0. The minimum Gasteiger partial charge on any atom is -0.462 e. The summed E-state index contributed by atoms with van der Waals surface area (Å²) in [5, 5.41) is 30.9. The van der Waals surface area contributed by atoms with Crippen LogP contribution in [-0.2, 0) is 38.7 Å². The number of esters is 2. The fraction of sp³-hybridized carbons (Fsp3) is 0.867. The first-order valence-corrected chi connectivity index (χ1v) is 24.5. The molecule has 12 nitrogen and oxygen atoms in total. The lowest BCUT2D eigenvalue weighted by Gasteiger charge is -2.40. The molecule has 6 unspecified atom stereocenters. The van der Waals surface area contributed by atoms with Crippen LogP contribution in [0.1, 0.15) is 194 Å². The van der Waals surface area contributed by atoms with Gasteiger partial charge in [-0.2, -0.15) is 8.42 Å². The average molecular weight is 847 g/mol. The SMILES string of the molecule is CCCC/C=C\C/C=C\CCCCCCCC(=O)OC(COC(=O)CCCCCCCCCCCCCCCCCC)COC1OC(CS(=O)(=O)O)C(O)C(O)C1O. The third-order valence-corrected chi connectivity index (χ3v) is 11.3. The van der Waals surface area contributed by atoms with Gasteiger partial charge in [-0.25, -0.2) is 0 Å². The fourth-order valence-corrected chi connectivity index (χ4v) is 7.62. The van der Waals surface area contributed by atoms with Crippen LogP contribution < -0.4 is 0 Å². The number of hydrogen-bond donors (Lipinski definition) is 4. The third-order valence-electron chi connectivity index (χ3n) is 10.5. The monoisotopic (exact) mass is 847 g/mol. The van der Waals surface area contributed by atoms with Gasteiger partial charge in [0.2, 0.25) is 0 Å². The maximum Gasteiger partial charge on any atom is 0.306 e. The molecule has 4 N–H and O–H groups in total. The van der Waals surface area contributed by atoms with E-state index in [2.05, 4.69) is 38.2 Å². The third kappa shape index (κ3) is 30.2. The summed E-state index contributed by atoms with van der Waals surface area (Å²) in [4.78, 5) is 25.4. The predicted molar refractivity (Wildman–Crippen MR) is 229 cm³/mol. The molecule has 0 saturated carbocycles. The molecule has 0 aromatic carbocycles. The van der Waals surface area contributed by atoms with Crippen LogP contribution in [0.4, 0.5) is 0 Å². The number of hydrogen-bond acceptors (Lipinski definition) is 11. The lowest BCUT2D eigenvalue weighted by atomic mass is 10.00. The largest absolute Gasteiger partial charge is 0.462 e. The second kappa shape index (κ2) is 35.8. The maximum atomic E-state index is 12.8. The molecule has 0 aromatic heterocycles. The lowest BCUT2D eigenvalue weighted by Crippen LogP contribution is -2.60. The maximum absolute atomic E-state index is 12.8. The fourth-order valence-electron chi connectivity index (χ4n) is 6.93. The van der Waals surface area contributed by atoms with Crippen molar-refractivity contribution in [3.8, 4) is 0 Å². The van der Waals surface area contributed by atoms with Gasteiger partial charge in [0.15, 0.2) is 12.4 Å². The van der Waals surface area contributed by atoms with Gasteiger partial charge in [-0.1, -0.05) is 167 Å². The van der Waals surface area contributed by atoms with E-state index in [4.69, 9.17) is 18.9 Å². The Hall–Kier alpha value is -1.87. The molecule has 0 radical (unpaired) electrons. The number of allylic oxidation sites excluding steroid dienone is 4. The van der Waals surface area contributed by atoms with Crippen molar-refractivity contribution >= 4 is 22.1 Å². The highest BCUT2D eigenvalue weighted by molar-refractivity contribution is 7.85. The van der Waals surface area contributed by atoms with Crippen LogP contribution in [-0.4, -0.2) is 96.0 Å². The molecule has 1 saturated heterocycles. The van der Waals surface area contributed by atoms with E-state index in [9.17, 15) is 37.9 Å². The number of carbonyl (C=O) groups excluding carboxylic acids is 2. The van der Waals surface area contributed by atoms with Crippen LogP contribution in [0.15, 0.2) is 24.3 Å². The van der Waals surface area contributed by atoms with Gasteiger partial charge in [0, 0.05) is 12.8 Å². The van der Waals surface area contributed by atoms with Gasteiger partial charge in [-0.3, -0.25) is 14.1 Å². The van der Waals surface area contributed by atoms with E-state index in [1.54, 1.807) is 0 Å². The number of carbonyl (C=O) groups is 2. The molecule has 58 heavy (non-hydrogen) atoms. The summed E-state index contributed by atoms with van der Waals surface area (Å²) in [5.41, 5.74) is 0. The van der Waals surface area contributed by atoms with Crippen molar-refractivity contribution in [2.75, 3.05) is 19.0 Å². The first-order chi connectivity index (χ1) is 28.0. The normalized spacial score (nSPS) is 20.6. The summed E-state index contributed by atoms with van der Waals surface area (Å²) in [7, 11) is -4.60. The quantitative estimate of drug-likeness (QED) is 0.0200. The Kier molecular flexibility index (Phi) is 33.5. The Morgan fingerprint density at radius 2 is 1.05 bits per heavy atom. The number of aliphatic hydroxyl groups excluding tert-OH is 3. The molecule has 0 spiro atoms. The first kappa shape index (κ1) is 54.1. The first-order valence-electron chi connectivity index (χ1n) is 22.9. The smallest absolute Gasteiger partial charge is 0.306 e. The topological polar surface area (TPSA) is 186 Å². The van der Waals surface area contributed by atoms with Gasteiger partial charge in [-0.05, 0) is 38.5 Å². The van der Waals surface area contributed by atoms with Gasteiger partial charge >= 0.3 is 11.9 Å². The number of ether oxygens (including phenoxy) is 4. The second-order valence-electron chi connectivity index (χ2n) is 16.1. The Morgan fingerprint density at radius 3 is 1.57 bits per heavy atom. The second-order valence-corrected chi connectivity index (χ2v) is 17.6. The van der Waals surface area contributed by atoms with E-state index >= 15 is 0 Å². The van der Waals surface area contributed by atoms with Crippen molar-refractivity contribution in [2.24, 2.45) is 0 Å². The van der Waals surface area contributed by atoms with Crippen LogP contribution in [0.3, 0.4) is 0 Å². The summed E-state index contributed by atoms with van der Waals surface area (Å²) in [5.74, 6) is -1.99. The van der Waals surface area contributed by atoms with E-state index in [0.717, 1.165) is 64.2 Å². The minimum absolute atomic E-state index is 0.151. The molecule has 0 aromatic rings. The standard InChI is InChI=1S/C45H82O12S/c1-3-5-7-9-11-13-15-17-19-20-22-23-25-27-29-31-33-40(46)54-35-38(36-55-45-44(50)43(49)42(48)39(57-45)37-58(51,52)53)56-41(47)34-32-30-28-26-24-21-18-16-14-12-10-8-6-4-2/h10,12,16,18,38-39,42-45,48-50H,3-9,11,13-15,17,19-37H2,1-2H3,(H,51,52,53)/b12-10-,18-16-. The van der Waals surface area contributed by atoms with Gasteiger partial charge in [0.05, 0.1) is 6.61 Å². The molecule has 6 atom stereocenters. The van der Waals surface area contributed by atoms with Crippen LogP contribution in [0.25, 0.3) is 0 Å². The van der Waals surface area contributed by atoms with Gasteiger partial charge in [-0.15, -0.1) is 0 Å². The summed E-state index contributed by atoms with van der Waals surface area (Å²) in [6.45, 7) is 3.72. The van der Waals surface area contributed by atoms with Crippen LogP contribution in [0, 0.1) is 0 Å². The molecule has 1 aliphatic heterocycles. The van der Waals surface area contributed by atoms with Crippen molar-refractivity contribution in [3.63, 3.8) is 0 Å². The highest BCUT2D eigenvalue weighted by atomic mass is 32.2. The summed E-state index contributed by atoms with van der Waals surface area (Å²) in [6.07, 6.45) is 29.3. The lowest BCUT2D eigenvalue weighted by molar-refractivity contribution is -0.297. The highest BCUT2D eigenvalue weighted by Gasteiger charge is 2.46. The van der Waals surface area contributed by atoms with Crippen molar-refractivity contribution in [1.29, 1.82) is 0 Å². The van der Waals surface area contributed by atoms with Crippen molar-refractivity contribution in [1.82, 2.24) is 0 Å². The average Bonchev–Trinajstić information content (AvgIpc) is 3.18. The van der Waals surface area contributed by atoms with Gasteiger partial charge in [0.1, 0.15) is 36.8 Å². The van der Waals surface area contributed by atoms with E-state index in [-0.39, 0.29) is 19.4 Å². The molecule has 0 aliphatic carbocycles. The number of aliphatic hydroxyl groups is 3. The van der Waals surface area contributed by atoms with Crippen molar-refractivity contribution in [2.45, 2.75) is 230 Å². The Labute approximate surface area is 351 Å². The van der Waals surface area contributed by atoms with E-state index in [1.165, 1.54) is 89.9 Å². The Bertz CT molecular complexity index is 1180. The minimum atomic E-state index is -4.60. The highest BCUT2D eigenvalue weighted by Crippen LogP contribution is 2.24. The summed E-state index contributed by atoms with van der Waals surface area (Å²) in [6, 6.07) is 0. The predicted octanol–water partition coefficient (Wildman–Crippen LogP) is 9.23. The zero-order valence-electron chi connectivity index (χ0n) is 36.2. The van der Waals surface area contributed by atoms with Gasteiger partial charge in [0.25, 0.3) is 10.1 Å². The van der Waals surface area contributed by atoms with E-state index < -0.39 is 71.2 Å². The van der Waals surface area contributed by atoms with Gasteiger partial charge < -0.3 is 34.3 Å². The van der Waals surface area contributed by atoms with Crippen LogP contribution in [0.5, 0.6) is 0 Å². The molecule has 1 rings (SSSR count). The Morgan fingerprint density at radius 1 is 0.586 bits per heavy atom. The molecular weight excluding hydrogens is 765 g/mol. The zero-order chi connectivity index (χ0) is 42.7. The molecule has 0 bridgehead atoms. The Balaban J connectivity index is 2.44. The molecule has 1 aliphatic rings. The molecular formula is C45H82O12S. The molecule has 1 heterocycles. The number of unbranched alkanes of at least 4 members (excludes halogenated alkanes) is 22.